The first-order valence-corrected chi connectivity index (χ1v) is 5.22. The summed E-state index contributed by atoms with van der Waals surface area (Å²) in [6, 6.07) is 3.44. The van der Waals surface area contributed by atoms with Crippen LogP contribution in [0.25, 0.3) is 0 Å². The molecule has 0 saturated carbocycles. The largest absolute Gasteiger partial charge is 0.456 e. The lowest BCUT2D eigenvalue weighted by Gasteiger charge is -1.98. The number of amides is 1. The number of hydrogen-bond acceptors (Lipinski definition) is 5. The molecular weight excluding hydrogens is 252 g/mol. The average molecular weight is 262 g/mol. The smallest absolute Gasteiger partial charge is 0.384 e. The molecule has 1 rings (SSSR count). The van der Waals surface area contributed by atoms with Gasteiger partial charge in [-0.25, -0.2) is 4.79 Å². The van der Waals surface area contributed by atoms with Gasteiger partial charge in [0.05, 0.1) is 11.5 Å². The van der Waals surface area contributed by atoms with E-state index < -0.39 is 16.8 Å². The number of hydrogen-bond donors (Lipinski definition) is 1. The number of primary amides is 1. The second kappa shape index (κ2) is 6.16. The maximum Gasteiger partial charge on any atom is 0.384 e. The molecule has 19 heavy (non-hydrogen) atoms. The number of non-ortho nitro benzene ring substituents is 1. The van der Waals surface area contributed by atoms with Crippen LogP contribution in [0.1, 0.15) is 22.8 Å². The fraction of sp³-hybridized carbons (Fsp3) is 0.167. The van der Waals surface area contributed by atoms with Crippen LogP contribution in [0.2, 0.25) is 0 Å². The Hall–Kier alpha value is -2.88. The van der Waals surface area contributed by atoms with E-state index in [1.165, 1.54) is 6.07 Å². The van der Waals surface area contributed by atoms with E-state index in [2.05, 4.69) is 16.6 Å². The molecule has 1 amide bonds. The molecule has 7 heteroatoms. The molecule has 0 aliphatic carbocycles. The minimum atomic E-state index is -0.817. The van der Waals surface area contributed by atoms with E-state index >= 15 is 0 Å². The Kier molecular flexibility index (Phi) is 4.60. The molecule has 2 N–H and O–H groups in total. The van der Waals surface area contributed by atoms with Crippen LogP contribution in [-0.4, -0.2) is 23.4 Å². The molecule has 0 atom stereocenters. The van der Waals surface area contributed by atoms with Gasteiger partial charge < -0.3 is 10.5 Å². The van der Waals surface area contributed by atoms with Crippen molar-refractivity contribution in [2.75, 3.05) is 6.61 Å². The lowest BCUT2D eigenvalue weighted by molar-refractivity contribution is -0.384. The van der Waals surface area contributed by atoms with Crippen molar-refractivity contribution in [3.8, 4) is 11.8 Å². The molecule has 0 heterocycles. The highest BCUT2D eigenvalue weighted by molar-refractivity contribution is 5.94. The number of nitro groups is 1. The van der Waals surface area contributed by atoms with Gasteiger partial charge in [-0.2, -0.15) is 0 Å². The number of rotatable bonds is 3. The fourth-order valence-corrected chi connectivity index (χ4v) is 1.22. The van der Waals surface area contributed by atoms with Crippen molar-refractivity contribution in [1.82, 2.24) is 0 Å². The van der Waals surface area contributed by atoms with Crippen LogP contribution < -0.4 is 5.73 Å². The highest BCUT2D eigenvalue weighted by Gasteiger charge is 2.11. The summed E-state index contributed by atoms with van der Waals surface area (Å²) in [6.07, 6.45) is 0. The van der Waals surface area contributed by atoms with Crippen molar-refractivity contribution < 1.29 is 19.2 Å². The third kappa shape index (κ3) is 4.12. The van der Waals surface area contributed by atoms with E-state index in [1.54, 1.807) is 6.92 Å². The number of ether oxygens (including phenoxy) is 1. The Morgan fingerprint density at radius 3 is 2.63 bits per heavy atom. The van der Waals surface area contributed by atoms with E-state index in [0.717, 1.165) is 12.1 Å². The van der Waals surface area contributed by atoms with Crippen molar-refractivity contribution in [1.29, 1.82) is 0 Å². The molecule has 0 aromatic heterocycles. The van der Waals surface area contributed by atoms with Gasteiger partial charge >= 0.3 is 5.97 Å². The summed E-state index contributed by atoms with van der Waals surface area (Å²) < 4.78 is 4.58. The Balaban J connectivity index is 3.17. The highest BCUT2D eigenvalue weighted by atomic mass is 16.6. The second-order valence-electron chi connectivity index (χ2n) is 3.36. The molecular formula is C12H10N2O5. The number of esters is 1. The zero-order valence-corrected chi connectivity index (χ0v) is 10.0. The summed E-state index contributed by atoms with van der Waals surface area (Å²) in [5, 5.41) is 10.7. The van der Waals surface area contributed by atoms with Gasteiger partial charge in [-0.1, -0.05) is 5.92 Å². The molecule has 1 aromatic rings. The number of carbonyl (C=O) groups is 2. The molecule has 0 aliphatic heterocycles. The SMILES string of the molecule is CCOC(=O)C#Cc1cc(C(N)=O)cc([N+](=O)[O-])c1. The van der Waals surface area contributed by atoms with Crippen LogP contribution in [0.5, 0.6) is 0 Å². The third-order valence-electron chi connectivity index (χ3n) is 2.00. The zero-order valence-electron chi connectivity index (χ0n) is 10.0. The summed E-state index contributed by atoms with van der Waals surface area (Å²) in [4.78, 5) is 32.1. The van der Waals surface area contributed by atoms with Crippen LogP contribution in [0.3, 0.4) is 0 Å². The second-order valence-corrected chi connectivity index (χ2v) is 3.36. The zero-order chi connectivity index (χ0) is 14.4. The summed E-state index contributed by atoms with van der Waals surface area (Å²) in [7, 11) is 0. The first-order valence-electron chi connectivity index (χ1n) is 5.22. The molecule has 0 fully saturated rings. The van der Waals surface area contributed by atoms with Crippen molar-refractivity contribution >= 4 is 17.6 Å². The molecule has 0 saturated heterocycles. The van der Waals surface area contributed by atoms with Gasteiger partial charge in [0.2, 0.25) is 5.91 Å². The number of benzene rings is 1. The quantitative estimate of drug-likeness (QED) is 0.371. The van der Waals surface area contributed by atoms with Gasteiger partial charge in [-0.15, -0.1) is 0 Å². The maximum absolute atomic E-state index is 11.0. The van der Waals surface area contributed by atoms with Crippen LogP contribution in [-0.2, 0) is 9.53 Å². The van der Waals surface area contributed by atoms with E-state index in [-0.39, 0.29) is 23.4 Å². The topological polar surface area (TPSA) is 113 Å². The Morgan fingerprint density at radius 1 is 1.42 bits per heavy atom. The lowest BCUT2D eigenvalue weighted by atomic mass is 10.1. The summed E-state index contributed by atoms with van der Waals surface area (Å²) in [6.45, 7) is 1.80. The molecule has 7 nitrogen and oxygen atoms in total. The predicted octanol–water partition coefficient (Wildman–Crippen LogP) is 0.608. The Bertz CT molecular complexity index is 566. The minimum Gasteiger partial charge on any atom is -0.456 e. The molecule has 0 bridgehead atoms. The monoisotopic (exact) mass is 262 g/mol. The van der Waals surface area contributed by atoms with E-state index in [9.17, 15) is 19.7 Å². The third-order valence-corrected chi connectivity index (χ3v) is 2.00. The molecule has 0 unspecified atom stereocenters. The van der Waals surface area contributed by atoms with Gasteiger partial charge in [0, 0.05) is 29.2 Å². The maximum atomic E-state index is 11.0. The number of nitrogens with two attached hydrogens (primary N) is 1. The Labute approximate surface area is 108 Å². The highest BCUT2D eigenvalue weighted by Crippen LogP contribution is 2.16. The molecule has 0 spiro atoms. The molecule has 0 aliphatic rings. The van der Waals surface area contributed by atoms with Crippen molar-refractivity contribution in [2.45, 2.75) is 6.92 Å². The predicted molar refractivity (Wildman–Crippen MR) is 65.1 cm³/mol. The summed E-state index contributed by atoms with van der Waals surface area (Å²) in [5.74, 6) is 2.96. The van der Waals surface area contributed by atoms with Crippen LogP contribution in [0, 0.1) is 22.0 Å². The van der Waals surface area contributed by atoms with Crippen molar-refractivity contribution in [3.05, 3.63) is 39.4 Å². The number of carbonyl (C=O) groups excluding carboxylic acids is 2. The Morgan fingerprint density at radius 2 is 2.11 bits per heavy atom. The van der Waals surface area contributed by atoms with Gasteiger partial charge in [0.1, 0.15) is 0 Å². The van der Waals surface area contributed by atoms with Gasteiger partial charge in [-0.3, -0.25) is 14.9 Å². The number of nitro benzene ring substituents is 1. The van der Waals surface area contributed by atoms with Gasteiger partial charge in [0.25, 0.3) is 5.69 Å². The lowest BCUT2D eigenvalue weighted by Crippen LogP contribution is -2.11. The normalized spacial score (nSPS) is 9.11. The first kappa shape index (κ1) is 14.2. The summed E-state index contributed by atoms with van der Waals surface area (Å²) >= 11 is 0. The van der Waals surface area contributed by atoms with Gasteiger partial charge in [-0.05, 0) is 13.0 Å². The number of nitrogens with zero attached hydrogens (tertiary/aromatic N) is 1. The average Bonchev–Trinajstić information content (AvgIpc) is 2.36. The summed E-state index contributed by atoms with van der Waals surface area (Å²) in [5.41, 5.74) is 4.81. The van der Waals surface area contributed by atoms with Crippen molar-refractivity contribution in [2.24, 2.45) is 5.73 Å². The molecule has 0 radical (unpaired) electrons. The van der Waals surface area contributed by atoms with Gasteiger partial charge in [0.15, 0.2) is 0 Å². The van der Waals surface area contributed by atoms with E-state index in [1.807, 2.05) is 0 Å². The fourth-order valence-electron chi connectivity index (χ4n) is 1.22. The van der Waals surface area contributed by atoms with E-state index in [0.29, 0.717) is 0 Å². The first-order chi connectivity index (χ1) is 8.93. The van der Waals surface area contributed by atoms with Crippen molar-refractivity contribution in [3.63, 3.8) is 0 Å². The van der Waals surface area contributed by atoms with Crippen LogP contribution >= 0.6 is 0 Å². The van der Waals surface area contributed by atoms with Crippen LogP contribution in [0.4, 0.5) is 5.69 Å². The standard InChI is InChI=1S/C12H10N2O5/c1-2-19-11(15)4-3-8-5-9(12(13)16)7-10(6-8)14(17)18/h5-7H,2H2,1H3,(H2,13,16). The van der Waals surface area contributed by atoms with E-state index in [4.69, 9.17) is 5.73 Å². The minimum absolute atomic E-state index is 0.0534. The molecule has 1 aromatic carbocycles. The molecule has 98 valence electrons. The van der Waals surface area contributed by atoms with Crippen LogP contribution in [0.15, 0.2) is 18.2 Å².